The maximum atomic E-state index is 12.7. The van der Waals surface area contributed by atoms with Gasteiger partial charge in [-0.2, -0.15) is 0 Å². The van der Waals surface area contributed by atoms with E-state index in [0.717, 1.165) is 11.1 Å². The van der Waals surface area contributed by atoms with Gasteiger partial charge in [-0.1, -0.05) is 42.5 Å². The Morgan fingerprint density at radius 3 is 2.42 bits per heavy atom. The Bertz CT molecular complexity index is 805. The number of hydrogen-bond acceptors (Lipinski definition) is 4. The van der Waals surface area contributed by atoms with Gasteiger partial charge in [0.05, 0.1) is 6.54 Å². The van der Waals surface area contributed by atoms with Crippen molar-refractivity contribution >= 4 is 17.7 Å². The number of nitrogens with zero attached hydrogens (tertiary/aromatic N) is 1. The van der Waals surface area contributed by atoms with E-state index in [1.807, 2.05) is 30.3 Å². The summed E-state index contributed by atoms with van der Waals surface area (Å²) in [6.07, 6.45) is 0.442. The van der Waals surface area contributed by atoms with Gasteiger partial charge in [0, 0.05) is 18.5 Å². The number of rotatable bonds is 5. The molecule has 1 aliphatic rings. The lowest BCUT2D eigenvalue weighted by molar-refractivity contribution is -0.144. The lowest BCUT2D eigenvalue weighted by Crippen LogP contribution is -2.58. The molecule has 7 heteroatoms. The number of piperazine rings is 1. The van der Waals surface area contributed by atoms with Crippen LogP contribution < -0.4 is 10.8 Å². The molecule has 3 N–H and O–H groups in total. The molecule has 0 aliphatic carbocycles. The molecule has 3 rings (SSSR count). The van der Waals surface area contributed by atoms with Gasteiger partial charge in [0.2, 0.25) is 11.8 Å². The fourth-order valence-corrected chi connectivity index (χ4v) is 2.94. The second-order valence-corrected chi connectivity index (χ2v) is 6.14. The van der Waals surface area contributed by atoms with Crippen LogP contribution in [0.2, 0.25) is 0 Å². The zero-order chi connectivity index (χ0) is 18.5. The largest absolute Gasteiger partial charge is 0.342 e. The minimum atomic E-state index is -0.604. The summed E-state index contributed by atoms with van der Waals surface area (Å²) < 4.78 is 0. The van der Waals surface area contributed by atoms with E-state index in [4.69, 9.17) is 5.21 Å². The van der Waals surface area contributed by atoms with E-state index in [-0.39, 0.29) is 24.9 Å². The zero-order valence-corrected chi connectivity index (χ0v) is 14.0. The highest BCUT2D eigenvalue weighted by Gasteiger charge is 2.32. The first kappa shape index (κ1) is 17.6. The summed E-state index contributed by atoms with van der Waals surface area (Å²) >= 11 is 0. The second-order valence-electron chi connectivity index (χ2n) is 6.14. The molecule has 134 valence electrons. The fourth-order valence-electron chi connectivity index (χ4n) is 2.94. The van der Waals surface area contributed by atoms with Crippen LogP contribution >= 0.6 is 0 Å². The van der Waals surface area contributed by atoms with Crippen molar-refractivity contribution in [3.05, 3.63) is 71.3 Å². The van der Waals surface area contributed by atoms with Gasteiger partial charge in [-0.05, 0) is 23.3 Å². The van der Waals surface area contributed by atoms with Gasteiger partial charge < -0.3 is 10.2 Å². The van der Waals surface area contributed by atoms with E-state index in [0.29, 0.717) is 12.0 Å². The molecule has 1 fully saturated rings. The van der Waals surface area contributed by atoms with Crippen molar-refractivity contribution < 1.29 is 19.6 Å². The van der Waals surface area contributed by atoms with Crippen molar-refractivity contribution in [3.63, 3.8) is 0 Å². The third-order valence-electron chi connectivity index (χ3n) is 4.25. The monoisotopic (exact) mass is 353 g/mol. The lowest BCUT2D eigenvalue weighted by atomic mass is 10.0. The van der Waals surface area contributed by atoms with Crippen LogP contribution in [0, 0.1) is 0 Å². The first-order valence-corrected chi connectivity index (χ1v) is 8.22. The van der Waals surface area contributed by atoms with Crippen molar-refractivity contribution in [2.75, 3.05) is 6.54 Å². The SMILES string of the molecule is O=C1CN(Cc2ccc(C(=O)NO)cc2)C(=O)[C@H](Cc2ccccc2)N1. The number of hydrogen-bond donors (Lipinski definition) is 3. The smallest absolute Gasteiger partial charge is 0.274 e. The fraction of sp³-hybridized carbons (Fsp3) is 0.211. The zero-order valence-electron chi connectivity index (χ0n) is 14.0. The van der Waals surface area contributed by atoms with E-state index in [1.54, 1.807) is 29.7 Å². The van der Waals surface area contributed by atoms with Gasteiger partial charge >= 0.3 is 0 Å². The molecule has 1 heterocycles. The summed E-state index contributed by atoms with van der Waals surface area (Å²) in [4.78, 5) is 37.6. The molecule has 3 amide bonds. The Balaban J connectivity index is 1.69. The van der Waals surface area contributed by atoms with Crippen molar-refractivity contribution in [1.29, 1.82) is 0 Å². The van der Waals surface area contributed by atoms with Crippen LogP contribution in [0.1, 0.15) is 21.5 Å². The van der Waals surface area contributed by atoms with Crippen molar-refractivity contribution in [1.82, 2.24) is 15.7 Å². The number of amides is 3. The average Bonchev–Trinajstić information content (AvgIpc) is 2.66. The number of carbonyl (C=O) groups excluding carboxylic acids is 3. The van der Waals surface area contributed by atoms with Crippen LogP contribution in [0.25, 0.3) is 0 Å². The molecule has 0 spiro atoms. The van der Waals surface area contributed by atoms with Gasteiger partial charge in [0.25, 0.3) is 5.91 Å². The highest BCUT2D eigenvalue weighted by Crippen LogP contribution is 2.14. The van der Waals surface area contributed by atoms with E-state index >= 15 is 0 Å². The molecule has 0 aromatic heterocycles. The summed E-state index contributed by atoms with van der Waals surface area (Å²) in [5.74, 6) is -0.930. The Morgan fingerprint density at radius 1 is 1.08 bits per heavy atom. The minimum Gasteiger partial charge on any atom is -0.342 e. The maximum absolute atomic E-state index is 12.7. The molecule has 2 aromatic carbocycles. The Morgan fingerprint density at radius 2 is 1.77 bits per heavy atom. The average molecular weight is 353 g/mol. The predicted octanol–water partition coefficient (Wildman–Crippen LogP) is 0.875. The first-order chi connectivity index (χ1) is 12.6. The van der Waals surface area contributed by atoms with E-state index in [9.17, 15) is 14.4 Å². The van der Waals surface area contributed by atoms with Crippen LogP contribution in [0.3, 0.4) is 0 Å². The van der Waals surface area contributed by atoms with E-state index < -0.39 is 11.9 Å². The topological polar surface area (TPSA) is 98.7 Å². The number of carbonyl (C=O) groups is 3. The molecule has 1 aliphatic heterocycles. The Hall–Kier alpha value is -3.19. The van der Waals surface area contributed by atoms with Gasteiger partial charge in [0.1, 0.15) is 6.04 Å². The summed E-state index contributed by atoms with van der Waals surface area (Å²) in [7, 11) is 0. The van der Waals surface area contributed by atoms with Crippen LogP contribution in [-0.2, 0) is 22.6 Å². The standard InChI is InChI=1S/C19H19N3O4/c23-17-12-22(11-14-6-8-15(9-7-14)18(24)21-26)19(25)16(20-17)10-13-4-2-1-3-5-13/h1-9,16,26H,10-12H2,(H,20,23)(H,21,24)/t16-/m0/s1. The van der Waals surface area contributed by atoms with Crippen LogP contribution in [0.4, 0.5) is 0 Å². The number of benzene rings is 2. The quantitative estimate of drug-likeness (QED) is 0.549. The molecule has 1 atom stereocenters. The summed E-state index contributed by atoms with van der Waals surface area (Å²) in [6, 6.07) is 15.4. The first-order valence-electron chi connectivity index (χ1n) is 8.22. The van der Waals surface area contributed by atoms with Crippen molar-refractivity contribution in [2.24, 2.45) is 0 Å². The third kappa shape index (κ3) is 4.07. The van der Waals surface area contributed by atoms with E-state index in [1.165, 1.54) is 4.90 Å². The van der Waals surface area contributed by atoms with Crippen LogP contribution in [-0.4, -0.2) is 40.4 Å². The van der Waals surface area contributed by atoms with E-state index in [2.05, 4.69) is 5.32 Å². The summed E-state index contributed by atoms with van der Waals surface area (Å²) in [5.41, 5.74) is 3.65. The lowest BCUT2D eigenvalue weighted by Gasteiger charge is -2.32. The molecule has 26 heavy (non-hydrogen) atoms. The molecule has 1 saturated heterocycles. The van der Waals surface area contributed by atoms with Gasteiger partial charge in [-0.25, -0.2) is 5.48 Å². The molecule has 7 nitrogen and oxygen atoms in total. The number of hydroxylamine groups is 1. The van der Waals surface area contributed by atoms with Crippen molar-refractivity contribution in [3.8, 4) is 0 Å². The van der Waals surface area contributed by atoms with Gasteiger partial charge in [0.15, 0.2) is 0 Å². The molecule has 0 radical (unpaired) electrons. The predicted molar refractivity (Wildman–Crippen MR) is 93.2 cm³/mol. The third-order valence-corrected chi connectivity index (χ3v) is 4.25. The van der Waals surface area contributed by atoms with Crippen LogP contribution in [0.15, 0.2) is 54.6 Å². The molecular formula is C19H19N3O4. The second kappa shape index (κ2) is 7.79. The maximum Gasteiger partial charge on any atom is 0.274 e. The Kier molecular flexibility index (Phi) is 5.28. The minimum absolute atomic E-state index is 0.00298. The van der Waals surface area contributed by atoms with Gasteiger partial charge in [-0.15, -0.1) is 0 Å². The molecular weight excluding hydrogens is 334 g/mol. The summed E-state index contributed by atoms with van der Waals surface area (Å²) in [6.45, 7) is 0.279. The van der Waals surface area contributed by atoms with Gasteiger partial charge in [-0.3, -0.25) is 19.6 Å². The summed E-state index contributed by atoms with van der Waals surface area (Å²) in [5, 5.41) is 11.4. The van der Waals surface area contributed by atoms with Crippen LogP contribution in [0.5, 0.6) is 0 Å². The Labute approximate surface area is 150 Å². The molecule has 0 bridgehead atoms. The highest BCUT2D eigenvalue weighted by molar-refractivity contribution is 5.95. The molecule has 0 saturated carbocycles. The normalized spacial score (nSPS) is 17.0. The highest BCUT2D eigenvalue weighted by atomic mass is 16.5. The van der Waals surface area contributed by atoms with Crippen molar-refractivity contribution in [2.45, 2.75) is 19.0 Å². The molecule has 2 aromatic rings. The molecule has 0 unspecified atom stereocenters. The number of nitrogens with one attached hydrogen (secondary N) is 2.